The van der Waals surface area contributed by atoms with Crippen molar-refractivity contribution in [2.24, 2.45) is 0 Å². The summed E-state index contributed by atoms with van der Waals surface area (Å²) in [6.45, 7) is 1.95. The Labute approximate surface area is 170 Å². The molecule has 2 aromatic carbocycles. The molecule has 0 bridgehead atoms. The zero-order valence-corrected chi connectivity index (χ0v) is 16.2. The number of imidazole rings is 1. The van der Waals surface area contributed by atoms with E-state index in [9.17, 15) is 18.3 Å². The van der Waals surface area contributed by atoms with Crippen molar-refractivity contribution in [3.05, 3.63) is 66.1 Å². The van der Waals surface area contributed by atoms with Gasteiger partial charge in [0.1, 0.15) is 0 Å². The third-order valence-corrected chi connectivity index (χ3v) is 4.85. The normalized spacial score (nSPS) is 11.8. The number of aromatic nitrogens is 3. The van der Waals surface area contributed by atoms with Gasteiger partial charge in [0.15, 0.2) is 17.1 Å². The second kappa shape index (κ2) is 7.37. The van der Waals surface area contributed by atoms with Crippen molar-refractivity contribution >= 4 is 5.65 Å². The second-order valence-electron chi connectivity index (χ2n) is 6.73. The highest BCUT2D eigenvalue weighted by atomic mass is 19.4. The molecular weight excluding hydrogens is 395 g/mol. The van der Waals surface area contributed by atoms with Crippen LogP contribution in [0.15, 0.2) is 54.9 Å². The predicted octanol–water partition coefficient (Wildman–Crippen LogP) is 5.36. The lowest BCUT2D eigenvalue weighted by atomic mass is 10.1. The van der Waals surface area contributed by atoms with Crippen molar-refractivity contribution in [3.63, 3.8) is 0 Å². The molecule has 154 valence electrons. The van der Waals surface area contributed by atoms with Crippen molar-refractivity contribution in [2.45, 2.75) is 19.5 Å². The number of benzene rings is 2. The molecule has 0 aliphatic rings. The fraction of sp³-hybridized carbons (Fsp3) is 0.182. The molecule has 2 heterocycles. The van der Waals surface area contributed by atoms with Gasteiger partial charge < -0.3 is 9.84 Å². The molecule has 0 aliphatic heterocycles. The van der Waals surface area contributed by atoms with E-state index >= 15 is 0 Å². The molecule has 1 N–H and O–H groups in total. The second-order valence-corrected chi connectivity index (χ2v) is 6.73. The number of nitrogens with zero attached hydrogens (tertiary/aromatic N) is 3. The Balaban J connectivity index is 1.89. The van der Waals surface area contributed by atoms with Gasteiger partial charge in [-0.3, -0.25) is 9.38 Å². The number of halogens is 3. The van der Waals surface area contributed by atoms with Crippen molar-refractivity contribution in [3.8, 4) is 34.0 Å². The van der Waals surface area contributed by atoms with Gasteiger partial charge in [-0.05, 0) is 36.8 Å². The van der Waals surface area contributed by atoms with E-state index in [4.69, 9.17) is 4.74 Å². The monoisotopic (exact) mass is 413 g/mol. The van der Waals surface area contributed by atoms with Crippen LogP contribution in [0.1, 0.15) is 18.2 Å². The highest BCUT2D eigenvalue weighted by Gasteiger charge is 2.30. The summed E-state index contributed by atoms with van der Waals surface area (Å²) in [6, 6.07) is 10.1. The van der Waals surface area contributed by atoms with E-state index in [1.807, 2.05) is 6.92 Å². The lowest BCUT2D eigenvalue weighted by molar-refractivity contribution is -0.137. The topological polar surface area (TPSA) is 59.7 Å². The van der Waals surface area contributed by atoms with Crippen LogP contribution in [0.5, 0.6) is 11.5 Å². The Morgan fingerprint density at radius 1 is 1.10 bits per heavy atom. The van der Waals surface area contributed by atoms with Crippen LogP contribution in [0.4, 0.5) is 13.2 Å². The van der Waals surface area contributed by atoms with Gasteiger partial charge in [0.05, 0.1) is 36.0 Å². The molecule has 5 nitrogen and oxygen atoms in total. The minimum absolute atomic E-state index is 0.0147. The summed E-state index contributed by atoms with van der Waals surface area (Å²) in [7, 11) is 1.47. The van der Waals surface area contributed by atoms with Crippen LogP contribution in [-0.2, 0) is 12.6 Å². The maximum Gasteiger partial charge on any atom is 0.416 e. The number of aromatic hydroxyl groups is 1. The third kappa shape index (κ3) is 3.45. The van der Waals surface area contributed by atoms with Crippen molar-refractivity contribution < 1.29 is 23.0 Å². The Hall–Kier alpha value is -3.55. The summed E-state index contributed by atoms with van der Waals surface area (Å²) in [5, 5.41) is 10.2. The molecule has 0 atom stereocenters. The van der Waals surface area contributed by atoms with E-state index in [0.717, 1.165) is 23.5 Å². The fourth-order valence-corrected chi connectivity index (χ4v) is 3.40. The summed E-state index contributed by atoms with van der Waals surface area (Å²) in [4.78, 5) is 8.89. The van der Waals surface area contributed by atoms with E-state index < -0.39 is 11.7 Å². The highest BCUT2D eigenvalue weighted by molar-refractivity contribution is 5.71. The minimum Gasteiger partial charge on any atom is -0.504 e. The summed E-state index contributed by atoms with van der Waals surface area (Å²) in [5.41, 5.74) is 2.78. The first kappa shape index (κ1) is 19.8. The van der Waals surface area contributed by atoms with E-state index in [-0.39, 0.29) is 5.75 Å². The van der Waals surface area contributed by atoms with Crippen LogP contribution in [0.2, 0.25) is 0 Å². The molecule has 8 heteroatoms. The van der Waals surface area contributed by atoms with E-state index in [1.54, 1.807) is 34.9 Å². The first-order valence-corrected chi connectivity index (χ1v) is 9.23. The van der Waals surface area contributed by atoms with Crippen molar-refractivity contribution in [1.82, 2.24) is 14.4 Å². The van der Waals surface area contributed by atoms with Crippen molar-refractivity contribution in [2.75, 3.05) is 7.11 Å². The standard InChI is InChI=1S/C22H18F3N3O2/c1-3-16-21(14-7-8-19(30-2)18(29)10-14)28-12-17(26-11-20(28)27-16)13-5-4-6-15(9-13)22(23,24)25/h4-12,29H,3H2,1-2H3. The SMILES string of the molecule is CCc1nc2cnc(-c3cccc(C(F)(F)F)c3)cn2c1-c1ccc(OC)c(O)c1. The van der Waals surface area contributed by atoms with Gasteiger partial charge in [-0.15, -0.1) is 0 Å². The fourth-order valence-electron chi connectivity index (χ4n) is 3.40. The van der Waals surface area contributed by atoms with Crippen LogP contribution < -0.4 is 4.74 Å². The molecule has 0 radical (unpaired) electrons. The molecule has 4 aromatic rings. The number of hydrogen-bond donors (Lipinski definition) is 1. The van der Waals surface area contributed by atoms with Gasteiger partial charge in [-0.25, -0.2) is 4.98 Å². The molecule has 30 heavy (non-hydrogen) atoms. The number of rotatable bonds is 4. The van der Waals surface area contributed by atoms with E-state index in [2.05, 4.69) is 9.97 Å². The van der Waals surface area contributed by atoms with Crippen LogP contribution in [0.25, 0.3) is 28.2 Å². The molecule has 0 spiro atoms. The Morgan fingerprint density at radius 2 is 1.90 bits per heavy atom. The summed E-state index contributed by atoms with van der Waals surface area (Å²) < 4.78 is 46.2. The molecule has 0 aliphatic carbocycles. The summed E-state index contributed by atoms with van der Waals surface area (Å²) in [6.07, 6.45) is -0.617. The van der Waals surface area contributed by atoms with Gasteiger partial charge in [0.2, 0.25) is 0 Å². The van der Waals surface area contributed by atoms with E-state index in [1.165, 1.54) is 19.4 Å². The summed E-state index contributed by atoms with van der Waals surface area (Å²) >= 11 is 0. The molecule has 2 aromatic heterocycles. The molecule has 0 saturated heterocycles. The quantitative estimate of drug-likeness (QED) is 0.489. The predicted molar refractivity (Wildman–Crippen MR) is 106 cm³/mol. The molecule has 0 saturated carbocycles. The smallest absolute Gasteiger partial charge is 0.416 e. The van der Waals surface area contributed by atoms with Gasteiger partial charge in [-0.2, -0.15) is 13.2 Å². The number of ether oxygens (including phenoxy) is 1. The van der Waals surface area contributed by atoms with Crippen LogP contribution >= 0.6 is 0 Å². The Morgan fingerprint density at radius 3 is 2.57 bits per heavy atom. The lowest BCUT2D eigenvalue weighted by Crippen LogP contribution is -2.04. The highest BCUT2D eigenvalue weighted by Crippen LogP contribution is 2.35. The van der Waals surface area contributed by atoms with Gasteiger partial charge in [-0.1, -0.05) is 19.1 Å². The largest absolute Gasteiger partial charge is 0.504 e. The number of phenolic OH excluding ortho intramolecular Hbond substituents is 1. The van der Waals surface area contributed by atoms with Crippen molar-refractivity contribution in [1.29, 1.82) is 0 Å². The third-order valence-electron chi connectivity index (χ3n) is 4.85. The molecule has 0 fully saturated rings. The number of aryl methyl sites for hydroxylation is 1. The minimum atomic E-state index is -4.43. The molecule has 4 rings (SSSR count). The number of alkyl halides is 3. The van der Waals surface area contributed by atoms with E-state index in [0.29, 0.717) is 34.6 Å². The number of fused-ring (bicyclic) bond motifs is 1. The Kier molecular flexibility index (Phi) is 4.85. The van der Waals surface area contributed by atoms with Gasteiger partial charge in [0, 0.05) is 17.3 Å². The van der Waals surface area contributed by atoms with Crippen LogP contribution in [0, 0.1) is 0 Å². The van der Waals surface area contributed by atoms with Crippen LogP contribution in [0.3, 0.4) is 0 Å². The van der Waals surface area contributed by atoms with Gasteiger partial charge in [0.25, 0.3) is 0 Å². The summed E-state index contributed by atoms with van der Waals surface area (Å²) in [5.74, 6) is 0.330. The first-order valence-electron chi connectivity index (χ1n) is 9.23. The first-order chi connectivity index (χ1) is 14.3. The molecule has 0 amide bonds. The van der Waals surface area contributed by atoms with Crippen LogP contribution in [-0.4, -0.2) is 26.6 Å². The lowest BCUT2D eigenvalue weighted by Gasteiger charge is -2.10. The number of hydrogen-bond acceptors (Lipinski definition) is 4. The average Bonchev–Trinajstić information content (AvgIpc) is 3.11. The maximum atomic E-state index is 13.1. The molecular formula is C22H18F3N3O2. The Bertz CT molecular complexity index is 1230. The maximum absolute atomic E-state index is 13.1. The number of phenols is 1. The average molecular weight is 413 g/mol. The zero-order valence-electron chi connectivity index (χ0n) is 16.2. The van der Waals surface area contributed by atoms with Gasteiger partial charge >= 0.3 is 6.18 Å². The molecule has 0 unspecified atom stereocenters. The zero-order chi connectivity index (χ0) is 21.5. The number of methoxy groups -OCH3 is 1.